The summed E-state index contributed by atoms with van der Waals surface area (Å²) in [6.45, 7) is 4.15. The predicted octanol–water partition coefficient (Wildman–Crippen LogP) is 6.50. The third-order valence-electron chi connectivity index (χ3n) is 7.06. The lowest BCUT2D eigenvalue weighted by molar-refractivity contribution is -0.139. The highest BCUT2D eigenvalue weighted by Gasteiger charge is 2.37. The van der Waals surface area contributed by atoms with Gasteiger partial charge in [0.2, 0.25) is 0 Å². The van der Waals surface area contributed by atoms with Gasteiger partial charge in [-0.3, -0.25) is 9.69 Å². The molecule has 1 heterocycles. The van der Waals surface area contributed by atoms with Crippen LogP contribution in [0.4, 0.5) is 13.2 Å². The second-order valence-corrected chi connectivity index (χ2v) is 9.83. The van der Waals surface area contributed by atoms with Crippen LogP contribution in [0.15, 0.2) is 30.3 Å². The molecular formula is C26H32F3NO3. The minimum absolute atomic E-state index is 0.0776. The maximum absolute atomic E-state index is 14.2. The molecule has 7 heteroatoms. The van der Waals surface area contributed by atoms with Gasteiger partial charge in [0, 0.05) is 19.5 Å². The minimum atomic E-state index is -4.52. The van der Waals surface area contributed by atoms with Crippen LogP contribution in [0.25, 0.3) is 10.8 Å². The molecule has 0 unspecified atom stereocenters. The number of fused-ring (bicyclic) bond motifs is 1. The second kappa shape index (κ2) is 9.92. The molecule has 2 aromatic rings. The van der Waals surface area contributed by atoms with Crippen molar-refractivity contribution in [1.82, 2.24) is 4.90 Å². The Morgan fingerprint density at radius 3 is 2.55 bits per heavy atom. The number of carboxylic acid groups (broad SMARTS) is 1. The number of piperidine rings is 1. The molecule has 1 aliphatic carbocycles. The molecule has 1 atom stereocenters. The van der Waals surface area contributed by atoms with Crippen molar-refractivity contribution in [3.63, 3.8) is 0 Å². The van der Waals surface area contributed by atoms with E-state index in [2.05, 4.69) is 11.8 Å². The normalized spacial score (nSPS) is 24.7. The summed E-state index contributed by atoms with van der Waals surface area (Å²) in [6.07, 6.45) is 0.718. The summed E-state index contributed by atoms with van der Waals surface area (Å²) in [4.78, 5) is 13.2. The van der Waals surface area contributed by atoms with Crippen molar-refractivity contribution in [1.29, 1.82) is 0 Å². The predicted molar refractivity (Wildman–Crippen MR) is 121 cm³/mol. The van der Waals surface area contributed by atoms with Crippen molar-refractivity contribution in [2.75, 3.05) is 13.1 Å². The fraction of sp³-hybridized carbons (Fsp3) is 0.577. The van der Waals surface area contributed by atoms with Crippen LogP contribution in [0, 0.1) is 11.8 Å². The Hall–Kier alpha value is -2.28. The van der Waals surface area contributed by atoms with E-state index in [-0.39, 0.29) is 29.6 Å². The summed E-state index contributed by atoms with van der Waals surface area (Å²) in [5, 5.41) is 9.79. The fourth-order valence-corrected chi connectivity index (χ4v) is 5.33. The number of ether oxygens (including phenoxy) is 1. The molecule has 2 aliphatic rings. The Labute approximate surface area is 192 Å². The highest BCUT2D eigenvalue weighted by molar-refractivity contribution is 5.89. The minimum Gasteiger partial charge on any atom is -0.490 e. The molecule has 4 rings (SSSR count). The van der Waals surface area contributed by atoms with E-state index in [4.69, 9.17) is 9.84 Å². The number of halogens is 3. The zero-order chi connectivity index (χ0) is 23.6. The molecule has 1 saturated heterocycles. The standard InChI is InChI=1S/C26H32F3NO3/c1-17-4-9-21(10-5-17)33-23-11-8-20-7-6-19(13-22(20)25(23)26(27,28)29)16-30-12-2-3-18(15-30)14-24(31)32/h6-8,11,13,17-18,21H,2-5,9-10,12,14-16H2,1H3,(H,31,32)/t17?,18-,21?/m1/s1. The molecule has 0 amide bonds. The Morgan fingerprint density at radius 1 is 1.12 bits per heavy atom. The zero-order valence-corrected chi connectivity index (χ0v) is 19.0. The number of likely N-dealkylation sites (tertiary alicyclic amines) is 1. The number of rotatable bonds is 6. The second-order valence-electron chi connectivity index (χ2n) is 9.83. The Kier molecular flexibility index (Phi) is 7.17. The van der Waals surface area contributed by atoms with Gasteiger partial charge in [-0.15, -0.1) is 0 Å². The van der Waals surface area contributed by atoms with Gasteiger partial charge in [0.05, 0.1) is 6.10 Å². The van der Waals surface area contributed by atoms with Gasteiger partial charge in [0.1, 0.15) is 11.3 Å². The summed E-state index contributed by atoms with van der Waals surface area (Å²) in [5.74, 6) is -0.204. The molecule has 0 spiro atoms. The first kappa shape index (κ1) is 23.9. The number of nitrogens with zero attached hydrogens (tertiary/aromatic N) is 1. The highest BCUT2D eigenvalue weighted by atomic mass is 19.4. The number of hydrogen-bond donors (Lipinski definition) is 1. The summed E-state index contributed by atoms with van der Waals surface area (Å²) < 4.78 is 48.6. The van der Waals surface area contributed by atoms with E-state index in [0.29, 0.717) is 24.4 Å². The van der Waals surface area contributed by atoms with Crippen molar-refractivity contribution in [2.45, 2.75) is 70.7 Å². The van der Waals surface area contributed by atoms with E-state index >= 15 is 0 Å². The van der Waals surface area contributed by atoms with E-state index < -0.39 is 17.7 Å². The smallest absolute Gasteiger partial charge is 0.420 e. The number of aliphatic carboxylic acids is 1. The first-order valence-electron chi connectivity index (χ1n) is 11.9. The molecule has 33 heavy (non-hydrogen) atoms. The number of alkyl halides is 3. The maximum atomic E-state index is 14.2. The first-order chi connectivity index (χ1) is 15.7. The average molecular weight is 464 g/mol. The van der Waals surface area contributed by atoms with E-state index in [0.717, 1.165) is 50.6 Å². The van der Waals surface area contributed by atoms with Crippen LogP contribution < -0.4 is 4.74 Å². The molecular weight excluding hydrogens is 431 g/mol. The number of carbonyl (C=O) groups is 1. The van der Waals surface area contributed by atoms with Gasteiger partial charge in [0.15, 0.2) is 0 Å². The van der Waals surface area contributed by atoms with Gasteiger partial charge < -0.3 is 9.84 Å². The lowest BCUT2D eigenvalue weighted by Gasteiger charge is -2.32. The lowest BCUT2D eigenvalue weighted by Crippen LogP contribution is -2.35. The van der Waals surface area contributed by atoms with Gasteiger partial charge >= 0.3 is 12.1 Å². The van der Waals surface area contributed by atoms with Crippen LogP contribution in [-0.2, 0) is 17.5 Å². The maximum Gasteiger partial charge on any atom is 0.420 e. The molecule has 0 radical (unpaired) electrons. The van der Waals surface area contributed by atoms with Crippen LogP contribution in [0.1, 0.15) is 63.0 Å². The fourth-order valence-electron chi connectivity index (χ4n) is 5.33. The van der Waals surface area contributed by atoms with Crippen molar-refractivity contribution >= 4 is 16.7 Å². The van der Waals surface area contributed by atoms with Crippen LogP contribution in [-0.4, -0.2) is 35.2 Å². The van der Waals surface area contributed by atoms with Gasteiger partial charge in [-0.2, -0.15) is 13.2 Å². The summed E-state index contributed by atoms with van der Waals surface area (Å²) in [5.41, 5.74) is 0.107. The number of hydrogen-bond acceptors (Lipinski definition) is 3. The summed E-state index contributed by atoms with van der Waals surface area (Å²) in [7, 11) is 0. The van der Waals surface area contributed by atoms with Gasteiger partial charge in [-0.05, 0) is 85.4 Å². The summed E-state index contributed by atoms with van der Waals surface area (Å²) in [6, 6.07) is 8.41. The first-order valence-corrected chi connectivity index (χ1v) is 11.9. The Balaban J connectivity index is 1.59. The van der Waals surface area contributed by atoms with Crippen LogP contribution in [0.3, 0.4) is 0 Å². The Morgan fingerprint density at radius 2 is 1.85 bits per heavy atom. The molecule has 0 aromatic heterocycles. The molecule has 4 nitrogen and oxygen atoms in total. The van der Waals surface area contributed by atoms with E-state index in [1.165, 1.54) is 6.07 Å². The third kappa shape index (κ3) is 5.99. The third-order valence-corrected chi connectivity index (χ3v) is 7.06. The van der Waals surface area contributed by atoms with Gasteiger partial charge in [-0.1, -0.05) is 25.1 Å². The zero-order valence-electron chi connectivity index (χ0n) is 19.0. The van der Waals surface area contributed by atoms with E-state index in [1.54, 1.807) is 18.2 Å². The van der Waals surface area contributed by atoms with Crippen LogP contribution in [0.2, 0.25) is 0 Å². The van der Waals surface area contributed by atoms with E-state index in [9.17, 15) is 18.0 Å². The largest absolute Gasteiger partial charge is 0.490 e. The number of benzene rings is 2. The monoisotopic (exact) mass is 463 g/mol. The molecule has 1 saturated carbocycles. The molecule has 1 N–H and O–H groups in total. The topological polar surface area (TPSA) is 49.8 Å². The highest BCUT2D eigenvalue weighted by Crippen LogP contribution is 2.43. The van der Waals surface area contributed by atoms with Crippen molar-refractivity contribution in [3.05, 3.63) is 41.5 Å². The van der Waals surface area contributed by atoms with Crippen molar-refractivity contribution in [3.8, 4) is 5.75 Å². The van der Waals surface area contributed by atoms with Crippen LogP contribution in [0.5, 0.6) is 5.75 Å². The van der Waals surface area contributed by atoms with Crippen molar-refractivity contribution < 1.29 is 27.8 Å². The van der Waals surface area contributed by atoms with E-state index in [1.807, 2.05) is 6.07 Å². The molecule has 0 bridgehead atoms. The number of carboxylic acids is 1. The molecule has 2 fully saturated rings. The molecule has 1 aliphatic heterocycles. The average Bonchev–Trinajstić information content (AvgIpc) is 2.74. The summed E-state index contributed by atoms with van der Waals surface area (Å²) >= 11 is 0. The SMILES string of the molecule is CC1CCC(Oc2ccc3ccc(CN4CCC[C@H](CC(=O)O)C4)cc3c2C(F)(F)F)CC1. The molecule has 2 aromatic carbocycles. The van der Waals surface area contributed by atoms with Crippen LogP contribution >= 0.6 is 0 Å². The lowest BCUT2D eigenvalue weighted by atomic mass is 9.89. The Bertz CT molecular complexity index is 983. The van der Waals surface area contributed by atoms with Gasteiger partial charge in [0.25, 0.3) is 0 Å². The van der Waals surface area contributed by atoms with Crippen molar-refractivity contribution in [2.24, 2.45) is 11.8 Å². The molecule has 180 valence electrons. The van der Waals surface area contributed by atoms with Gasteiger partial charge in [-0.25, -0.2) is 0 Å². The quantitative estimate of drug-likeness (QED) is 0.531.